The summed E-state index contributed by atoms with van der Waals surface area (Å²) >= 11 is 14.1. The van der Waals surface area contributed by atoms with Gasteiger partial charge in [-0.3, -0.25) is 0 Å². The quantitative estimate of drug-likeness (QED) is 0.156. The second-order valence-corrected chi connectivity index (χ2v) is 12.2. The molecule has 0 aliphatic rings. The van der Waals surface area contributed by atoms with E-state index in [4.69, 9.17) is 28.2 Å². The van der Waals surface area contributed by atoms with Crippen LogP contribution in [0.15, 0.2) is 176 Å². The summed E-state index contributed by atoms with van der Waals surface area (Å²) in [5.41, 5.74) is 8.33. The molecular formula is C42H29Cl2N4+. The topological polar surface area (TPSA) is 26.6 Å². The summed E-state index contributed by atoms with van der Waals surface area (Å²) in [5, 5.41) is 1.24. The summed E-state index contributed by atoms with van der Waals surface area (Å²) in [6, 6.07) is 57.4. The first kappa shape index (κ1) is 29.7. The monoisotopic (exact) mass is 659 g/mol. The van der Waals surface area contributed by atoms with Crippen LogP contribution in [0.5, 0.6) is 0 Å². The van der Waals surface area contributed by atoms with E-state index in [-0.39, 0.29) is 0 Å². The van der Waals surface area contributed by atoms with Crippen LogP contribution >= 0.6 is 23.2 Å². The second kappa shape index (κ2) is 12.8. The zero-order valence-corrected chi connectivity index (χ0v) is 27.3. The van der Waals surface area contributed by atoms with Crippen molar-refractivity contribution in [2.24, 2.45) is 0 Å². The molecule has 0 unspecified atom stereocenters. The van der Waals surface area contributed by atoms with E-state index in [0.29, 0.717) is 15.9 Å². The Kier molecular flexibility index (Phi) is 7.95. The van der Waals surface area contributed by atoms with E-state index in [0.717, 1.165) is 56.4 Å². The van der Waals surface area contributed by atoms with E-state index in [1.165, 1.54) is 0 Å². The Labute approximate surface area is 289 Å². The van der Waals surface area contributed by atoms with Crippen molar-refractivity contribution in [2.75, 3.05) is 0 Å². The van der Waals surface area contributed by atoms with Crippen LogP contribution in [0.1, 0.15) is 0 Å². The van der Waals surface area contributed by atoms with Crippen molar-refractivity contribution in [3.63, 3.8) is 0 Å². The average molecular weight is 661 g/mol. The van der Waals surface area contributed by atoms with Gasteiger partial charge in [-0.05, 0) is 48.5 Å². The highest BCUT2D eigenvalue weighted by Crippen LogP contribution is 2.41. The van der Waals surface area contributed by atoms with Gasteiger partial charge in [0.05, 0.1) is 15.6 Å². The van der Waals surface area contributed by atoms with E-state index in [1.807, 2.05) is 78.9 Å². The zero-order chi connectivity index (χ0) is 32.5. The molecule has 0 aliphatic heterocycles. The largest absolute Gasteiger partial charge is 0.318 e. The number of benzene rings is 6. The molecule has 0 aliphatic carbocycles. The molecule has 0 amide bonds. The molecule has 6 aromatic carbocycles. The molecule has 4 nitrogen and oxygen atoms in total. The van der Waals surface area contributed by atoms with Gasteiger partial charge in [-0.25, -0.2) is 4.98 Å². The molecule has 6 heteroatoms. The summed E-state index contributed by atoms with van der Waals surface area (Å²) in [6.07, 6.45) is 2.16. The van der Waals surface area contributed by atoms with Crippen molar-refractivity contribution in [2.45, 2.75) is 0 Å². The van der Waals surface area contributed by atoms with E-state index >= 15 is 0 Å². The fourth-order valence-electron chi connectivity index (χ4n) is 6.22. The molecule has 8 rings (SSSR count). The maximum atomic E-state index is 7.04. The number of imidazole rings is 2. The molecule has 0 spiro atoms. The van der Waals surface area contributed by atoms with Crippen LogP contribution in [0.3, 0.4) is 0 Å². The molecule has 0 fully saturated rings. The maximum Gasteiger partial charge on any atom is 0.318 e. The molecule has 2 heterocycles. The Morgan fingerprint density at radius 2 is 0.938 bits per heavy atom. The van der Waals surface area contributed by atoms with Crippen LogP contribution in [-0.4, -0.2) is 14.3 Å². The minimum atomic E-state index is 0.603. The first-order chi connectivity index (χ1) is 23.7. The van der Waals surface area contributed by atoms with Gasteiger partial charge in [0, 0.05) is 22.3 Å². The predicted octanol–water partition coefficient (Wildman–Crippen LogP) is 10.9. The average Bonchev–Trinajstić information content (AvgIpc) is 3.73. The van der Waals surface area contributed by atoms with Crippen LogP contribution in [0, 0.1) is 0 Å². The van der Waals surface area contributed by atoms with Crippen molar-refractivity contribution in [3.05, 3.63) is 186 Å². The highest BCUT2D eigenvalue weighted by molar-refractivity contribution is 6.33. The highest BCUT2D eigenvalue weighted by atomic mass is 35.5. The molecule has 8 aromatic rings. The Morgan fingerprint density at radius 3 is 1.52 bits per heavy atom. The van der Waals surface area contributed by atoms with Crippen LogP contribution in [0.4, 0.5) is 0 Å². The lowest BCUT2D eigenvalue weighted by Gasteiger charge is -2.15. The number of rotatable bonds is 7. The minimum absolute atomic E-state index is 0.603. The summed E-state index contributed by atoms with van der Waals surface area (Å²) in [4.78, 5) is 5.45. The molecule has 2 aromatic heterocycles. The summed E-state index contributed by atoms with van der Waals surface area (Å²) in [6.45, 7) is 0. The molecule has 0 N–H and O–H groups in total. The third-order valence-electron chi connectivity index (χ3n) is 8.39. The summed E-state index contributed by atoms with van der Waals surface area (Å²) < 4.78 is 6.67. The second-order valence-electron chi connectivity index (χ2n) is 11.4. The lowest BCUT2D eigenvalue weighted by atomic mass is 10.1. The van der Waals surface area contributed by atoms with E-state index in [2.05, 4.69) is 111 Å². The Hall–Kier alpha value is -5.68. The van der Waals surface area contributed by atoms with Crippen molar-refractivity contribution in [1.29, 1.82) is 0 Å². The van der Waals surface area contributed by atoms with Gasteiger partial charge in [0.15, 0.2) is 5.82 Å². The zero-order valence-electron chi connectivity index (χ0n) is 25.8. The van der Waals surface area contributed by atoms with Gasteiger partial charge in [0.2, 0.25) is 5.69 Å². The van der Waals surface area contributed by atoms with Gasteiger partial charge in [-0.2, -0.15) is 9.24 Å². The maximum absolute atomic E-state index is 7.04. The SMILES string of the molecule is Clc1ccccc1-c1c[n+](-c2ccccc2)c(-c2ccccc2)n1-n1c(-c2ccccc2Cl)nc(-c2ccccc2)c1-c1ccccc1. The van der Waals surface area contributed by atoms with E-state index in [9.17, 15) is 0 Å². The third kappa shape index (κ3) is 5.31. The first-order valence-electron chi connectivity index (χ1n) is 15.7. The fourth-order valence-corrected chi connectivity index (χ4v) is 6.67. The number of hydrogen-bond acceptors (Lipinski definition) is 1. The molecule has 230 valence electrons. The molecule has 0 bridgehead atoms. The molecule has 0 atom stereocenters. The number of para-hydroxylation sites is 1. The van der Waals surface area contributed by atoms with Gasteiger partial charge in [-0.15, -0.1) is 4.68 Å². The van der Waals surface area contributed by atoms with Crippen LogP contribution < -0.4 is 4.57 Å². The van der Waals surface area contributed by atoms with Gasteiger partial charge in [0.25, 0.3) is 0 Å². The first-order valence-corrected chi connectivity index (χ1v) is 16.5. The molecular weight excluding hydrogens is 631 g/mol. The standard InChI is InChI=1S/C42H29Cl2N4/c43-36-27-15-13-25-34(36)38-29-46(33-23-11-4-12-24-33)42(32-21-9-3-10-22-32)47(38)48-40(31-19-7-2-8-20-31)39(30-17-5-1-6-18-30)45-41(48)35-26-14-16-28-37(35)44/h1-29H/q+1. The van der Waals surface area contributed by atoms with Crippen molar-refractivity contribution < 1.29 is 4.57 Å². The Balaban J connectivity index is 1.62. The van der Waals surface area contributed by atoms with Crippen molar-refractivity contribution in [3.8, 4) is 62.2 Å². The van der Waals surface area contributed by atoms with E-state index in [1.54, 1.807) is 0 Å². The van der Waals surface area contributed by atoms with Crippen molar-refractivity contribution in [1.82, 2.24) is 14.3 Å². The minimum Gasteiger partial charge on any atom is -0.224 e. The highest BCUT2D eigenvalue weighted by Gasteiger charge is 2.35. The summed E-state index contributed by atoms with van der Waals surface area (Å²) in [5.74, 6) is 1.61. The molecule has 48 heavy (non-hydrogen) atoms. The van der Waals surface area contributed by atoms with Gasteiger partial charge < -0.3 is 0 Å². The van der Waals surface area contributed by atoms with Crippen molar-refractivity contribution >= 4 is 23.2 Å². The number of nitrogens with zero attached hydrogens (tertiary/aromatic N) is 4. The van der Waals surface area contributed by atoms with Crippen LogP contribution in [0.2, 0.25) is 10.0 Å². The van der Waals surface area contributed by atoms with Gasteiger partial charge in [0.1, 0.15) is 23.3 Å². The number of hydrogen-bond donors (Lipinski definition) is 0. The predicted molar refractivity (Wildman–Crippen MR) is 196 cm³/mol. The Bertz CT molecular complexity index is 2180. The molecule has 0 saturated heterocycles. The molecule has 0 radical (unpaired) electrons. The number of aromatic nitrogens is 4. The van der Waals surface area contributed by atoms with Crippen LogP contribution in [-0.2, 0) is 0 Å². The Morgan fingerprint density at radius 1 is 0.458 bits per heavy atom. The lowest BCUT2D eigenvalue weighted by Crippen LogP contribution is -2.32. The summed E-state index contributed by atoms with van der Waals surface area (Å²) in [7, 11) is 0. The van der Waals surface area contributed by atoms with E-state index < -0.39 is 0 Å². The number of halogens is 2. The lowest BCUT2D eigenvalue weighted by molar-refractivity contribution is -0.583. The smallest absolute Gasteiger partial charge is 0.224 e. The van der Waals surface area contributed by atoms with Crippen LogP contribution in [0.25, 0.3) is 62.2 Å². The normalized spacial score (nSPS) is 11.1. The molecule has 0 saturated carbocycles. The third-order valence-corrected chi connectivity index (χ3v) is 9.05. The van der Waals surface area contributed by atoms with Gasteiger partial charge >= 0.3 is 5.82 Å². The fraction of sp³-hybridized carbons (Fsp3) is 0. The van der Waals surface area contributed by atoms with Gasteiger partial charge in [-0.1, -0.05) is 145 Å².